The molecule has 20 heavy (non-hydrogen) atoms. The second kappa shape index (κ2) is 6.02. The van der Waals surface area contributed by atoms with Crippen LogP contribution < -0.4 is 4.72 Å². The van der Waals surface area contributed by atoms with Crippen LogP contribution in [0.25, 0.3) is 6.08 Å². The highest BCUT2D eigenvalue weighted by atomic mass is 32.2. The summed E-state index contributed by atoms with van der Waals surface area (Å²) in [6.07, 6.45) is 4.33. The molecule has 0 fully saturated rings. The number of nitrogens with one attached hydrogen (secondary N) is 1. The van der Waals surface area contributed by atoms with Gasteiger partial charge < -0.3 is 0 Å². The molecule has 1 aromatic carbocycles. The van der Waals surface area contributed by atoms with Gasteiger partial charge in [0.1, 0.15) is 0 Å². The van der Waals surface area contributed by atoms with E-state index in [9.17, 15) is 13.2 Å². The largest absolute Gasteiger partial charge is 0.289 e. The van der Waals surface area contributed by atoms with Crippen LogP contribution in [0.5, 0.6) is 0 Å². The Hall–Kier alpha value is -1.92. The molecule has 4 nitrogen and oxygen atoms in total. The van der Waals surface area contributed by atoms with E-state index in [-0.39, 0.29) is 5.78 Å². The number of sulfonamides is 1. The molecular formula is C14H13NO3S2. The minimum atomic E-state index is -3.30. The van der Waals surface area contributed by atoms with Crippen molar-refractivity contribution in [3.63, 3.8) is 0 Å². The Morgan fingerprint density at radius 3 is 2.45 bits per heavy atom. The van der Waals surface area contributed by atoms with Crippen molar-refractivity contribution in [3.8, 4) is 0 Å². The highest BCUT2D eigenvalue weighted by molar-refractivity contribution is 7.92. The van der Waals surface area contributed by atoms with Crippen LogP contribution in [0.15, 0.2) is 47.2 Å². The molecule has 0 saturated heterocycles. The number of hydrogen-bond donors (Lipinski definition) is 1. The zero-order valence-electron chi connectivity index (χ0n) is 10.7. The molecule has 0 saturated carbocycles. The topological polar surface area (TPSA) is 63.2 Å². The maximum absolute atomic E-state index is 11.9. The Balaban J connectivity index is 2.08. The number of carbonyl (C=O) groups excluding carboxylic acids is 1. The van der Waals surface area contributed by atoms with Gasteiger partial charge in [0.25, 0.3) is 0 Å². The first-order chi connectivity index (χ1) is 9.44. The van der Waals surface area contributed by atoms with E-state index in [1.165, 1.54) is 6.08 Å². The summed E-state index contributed by atoms with van der Waals surface area (Å²) in [6, 6.07) is 8.23. The zero-order valence-corrected chi connectivity index (χ0v) is 12.4. The number of ketones is 1. The molecule has 0 aliphatic heterocycles. The first-order valence-corrected chi connectivity index (χ1v) is 8.60. The molecule has 0 bridgehead atoms. The van der Waals surface area contributed by atoms with E-state index < -0.39 is 10.0 Å². The molecule has 0 amide bonds. The Morgan fingerprint density at radius 2 is 1.90 bits per heavy atom. The van der Waals surface area contributed by atoms with Crippen LogP contribution in [0, 0.1) is 0 Å². The van der Waals surface area contributed by atoms with Crippen LogP contribution in [0.4, 0.5) is 5.69 Å². The van der Waals surface area contributed by atoms with Crippen LogP contribution in [0.1, 0.15) is 15.9 Å². The van der Waals surface area contributed by atoms with Crippen LogP contribution in [-0.2, 0) is 10.0 Å². The molecule has 2 rings (SSSR count). The van der Waals surface area contributed by atoms with Crippen LogP contribution in [-0.4, -0.2) is 20.5 Å². The Labute approximate surface area is 121 Å². The van der Waals surface area contributed by atoms with Crippen molar-refractivity contribution in [1.82, 2.24) is 0 Å². The minimum absolute atomic E-state index is 0.123. The Morgan fingerprint density at radius 1 is 1.20 bits per heavy atom. The number of allylic oxidation sites excluding steroid dienone is 1. The van der Waals surface area contributed by atoms with Gasteiger partial charge >= 0.3 is 0 Å². The van der Waals surface area contributed by atoms with E-state index in [1.807, 2.05) is 16.8 Å². The van der Waals surface area contributed by atoms with Crippen molar-refractivity contribution in [3.05, 3.63) is 58.3 Å². The highest BCUT2D eigenvalue weighted by Gasteiger charge is 2.04. The summed E-state index contributed by atoms with van der Waals surface area (Å²) in [5.74, 6) is -0.123. The first-order valence-electron chi connectivity index (χ1n) is 5.76. The van der Waals surface area contributed by atoms with Gasteiger partial charge in [-0.3, -0.25) is 9.52 Å². The molecule has 0 radical (unpaired) electrons. The maximum atomic E-state index is 11.9. The average molecular weight is 307 g/mol. The summed E-state index contributed by atoms with van der Waals surface area (Å²) in [5, 5.41) is 3.89. The lowest BCUT2D eigenvalue weighted by molar-refractivity contribution is 0.104. The van der Waals surface area contributed by atoms with Gasteiger partial charge in [-0.2, -0.15) is 11.3 Å². The number of thiophene rings is 1. The fourth-order valence-corrected chi connectivity index (χ4v) is 2.75. The summed E-state index contributed by atoms with van der Waals surface area (Å²) >= 11 is 1.57. The number of carbonyl (C=O) groups is 1. The SMILES string of the molecule is CS(=O)(=O)Nc1ccc(C(=O)/C=C/c2ccsc2)cc1. The van der Waals surface area contributed by atoms with Gasteiger partial charge in [-0.1, -0.05) is 6.08 Å². The lowest BCUT2D eigenvalue weighted by Gasteiger charge is -2.03. The molecule has 0 aliphatic rings. The monoisotopic (exact) mass is 307 g/mol. The molecule has 2 aromatic rings. The van der Waals surface area contributed by atoms with Crippen LogP contribution >= 0.6 is 11.3 Å². The molecule has 1 aromatic heterocycles. The third-order valence-corrected chi connectivity index (χ3v) is 3.75. The van der Waals surface area contributed by atoms with Gasteiger partial charge in [-0.25, -0.2) is 8.42 Å². The van der Waals surface area contributed by atoms with Gasteiger partial charge in [0.2, 0.25) is 10.0 Å². The predicted molar refractivity (Wildman–Crippen MR) is 82.6 cm³/mol. The highest BCUT2D eigenvalue weighted by Crippen LogP contribution is 2.13. The molecule has 0 atom stereocenters. The Bertz CT molecular complexity index is 714. The Kier molecular flexibility index (Phi) is 4.36. The van der Waals surface area contributed by atoms with Crippen molar-refractivity contribution >= 4 is 38.9 Å². The molecule has 0 spiro atoms. The van der Waals surface area contributed by atoms with Crippen LogP contribution in [0.3, 0.4) is 0 Å². The third-order valence-electron chi connectivity index (χ3n) is 2.44. The summed E-state index contributed by atoms with van der Waals surface area (Å²) in [7, 11) is -3.30. The number of rotatable bonds is 5. The van der Waals surface area contributed by atoms with E-state index in [2.05, 4.69) is 4.72 Å². The van der Waals surface area contributed by atoms with E-state index in [0.29, 0.717) is 11.3 Å². The zero-order chi connectivity index (χ0) is 14.6. The summed E-state index contributed by atoms with van der Waals surface area (Å²) in [6.45, 7) is 0. The lowest BCUT2D eigenvalue weighted by Crippen LogP contribution is -2.09. The van der Waals surface area contributed by atoms with E-state index in [1.54, 1.807) is 41.7 Å². The normalized spacial score (nSPS) is 11.7. The van der Waals surface area contributed by atoms with Gasteiger partial charge in [-0.15, -0.1) is 0 Å². The first kappa shape index (κ1) is 14.5. The van der Waals surface area contributed by atoms with Gasteiger partial charge in [-0.05, 0) is 52.7 Å². The van der Waals surface area contributed by atoms with Crippen molar-refractivity contribution in [2.24, 2.45) is 0 Å². The van der Waals surface area contributed by atoms with Crippen molar-refractivity contribution < 1.29 is 13.2 Å². The van der Waals surface area contributed by atoms with Gasteiger partial charge in [0, 0.05) is 11.3 Å². The number of hydrogen-bond acceptors (Lipinski definition) is 4. The standard InChI is InChI=1S/C14H13NO3S2/c1-20(17,18)15-13-5-3-12(4-6-13)14(16)7-2-11-8-9-19-10-11/h2-10,15H,1H3/b7-2+. The van der Waals surface area contributed by atoms with Gasteiger partial charge in [0.15, 0.2) is 5.78 Å². The molecule has 6 heteroatoms. The molecule has 0 aliphatic carbocycles. The summed E-state index contributed by atoms with van der Waals surface area (Å²) < 4.78 is 24.5. The van der Waals surface area contributed by atoms with E-state index in [4.69, 9.17) is 0 Å². The van der Waals surface area contributed by atoms with E-state index in [0.717, 1.165) is 11.8 Å². The fourth-order valence-electron chi connectivity index (χ4n) is 1.55. The number of anilines is 1. The molecule has 104 valence electrons. The minimum Gasteiger partial charge on any atom is -0.289 e. The third kappa shape index (κ3) is 4.32. The maximum Gasteiger partial charge on any atom is 0.229 e. The summed E-state index contributed by atoms with van der Waals surface area (Å²) in [5.41, 5.74) is 1.93. The van der Waals surface area contributed by atoms with E-state index >= 15 is 0 Å². The van der Waals surface area contributed by atoms with Gasteiger partial charge in [0.05, 0.1) is 6.26 Å². The quantitative estimate of drug-likeness (QED) is 0.682. The summed E-state index contributed by atoms with van der Waals surface area (Å²) in [4.78, 5) is 11.9. The second-order valence-electron chi connectivity index (χ2n) is 4.21. The molecule has 0 unspecified atom stereocenters. The van der Waals surface area contributed by atoms with Crippen molar-refractivity contribution in [1.29, 1.82) is 0 Å². The average Bonchev–Trinajstić information content (AvgIpc) is 2.88. The molecular weight excluding hydrogens is 294 g/mol. The second-order valence-corrected chi connectivity index (χ2v) is 6.73. The predicted octanol–water partition coefficient (Wildman–Crippen LogP) is 3.02. The molecule has 1 heterocycles. The lowest BCUT2D eigenvalue weighted by atomic mass is 10.1. The number of benzene rings is 1. The van der Waals surface area contributed by atoms with Crippen molar-refractivity contribution in [2.75, 3.05) is 11.0 Å². The fraction of sp³-hybridized carbons (Fsp3) is 0.0714. The smallest absolute Gasteiger partial charge is 0.229 e. The molecule has 1 N–H and O–H groups in total. The van der Waals surface area contributed by atoms with Crippen LogP contribution in [0.2, 0.25) is 0 Å². The van der Waals surface area contributed by atoms with Crippen molar-refractivity contribution in [2.45, 2.75) is 0 Å².